The van der Waals surface area contributed by atoms with E-state index in [0.29, 0.717) is 12.1 Å². The van der Waals surface area contributed by atoms with Gasteiger partial charge in [-0.15, -0.1) is 0 Å². The molecule has 2 atom stereocenters. The van der Waals surface area contributed by atoms with Crippen molar-refractivity contribution >= 4 is 31.9 Å². The topological polar surface area (TPSA) is 35.5 Å². The Hall–Kier alpha value is -0.100. The molecule has 1 aliphatic rings. The molecule has 2 rings (SSSR count). The second-order valence-corrected chi connectivity index (χ2v) is 7.05. The standard InChI is InChI=1S/C14H20Br2N2O/c1-9-5-11(3-4-18(9)2)17-8-10-6-12(15)14(19)13(16)7-10/h6-7,9,11,17,19H,3-5,8H2,1-2H3. The Balaban J connectivity index is 1.92. The van der Waals surface area contributed by atoms with Crippen molar-refractivity contribution in [1.82, 2.24) is 10.2 Å². The number of nitrogens with one attached hydrogen (secondary N) is 1. The molecule has 1 aromatic rings. The molecule has 3 nitrogen and oxygen atoms in total. The van der Waals surface area contributed by atoms with Crippen molar-refractivity contribution in [2.45, 2.75) is 38.4 Å². The van der Waals surface area contributed by atoms with Gasteiger partial charge in [0.05, 0.1) is 8.95 Å². The van der Waals surface area contributed by atoms with Crippen molar-refractivity contribution in [1.29, 1.82) is 0 Å². The number of phenols is 1. The van der Waals surface area contributed by atoms with Gasteiger partial charge in [-0.25, -0.2) is 0 Å². The second kappa shape index (κ2) is 6.57. The summed E-state index contributed by atoms with van der Waals surface area (Å²) in [6, 6.07) is 5.15. The zero-order chi connectivity index (χ0) is 14.0. The van der Waals surface area contributed by atoms with E-state index < -0.39 is 0 Å². The Morgan fingerprint density at radius 2 is 2.00 bits per heavy atom. The first kappa shape index (κ1) is 15.3. The van der Waals surface area contributed by atoms with E-state index in [1.807, 2.05) is 12.1 Å². The summed E-state index contributed by atoms with van der Waals surface area (Å²) in [5.41, 5.74) is 1.17. The lowest BCUT2D eigenvalue weighted by Crippen LogP contribution is -2.45. The molecule has 19 heavy (non-hydrogen) atoms. The van der Waals surface area contributed by atoms with E-state index in [1.165, 1.54) is 18.4 Å². The molecule has 2 N–H and O–H groups in total. The number of phenolic OH excluding ortho intramolecular Hbond substituents is 1. The maximum atomic E-state index is 9.69. The van der Waals surface area contributed by atoms with Gasteiger partial charge in [0.15, 0.2) is 0 Å². The minimum atomic E-state index is 0.261. The van der Waals surface area contributed by atoms with Crippen LogP contribution in [0.3, 0.4) is 0 Å². The Bertz CT molecular complexity index is 430. The molecular weight excluding hydrogens is 372 g/mol. The molecule has 0 radical (unpaired) electrons. The van der Waals surface area contributed by atoms with Gasteiger partial charge in [0.25, 0.3) is 0 Å². The van der Waals surface area contributed by atoms with Crippen molar-refractivity contribution in [3.8, 4) is 5.75 Å². The summed E-state index contributed by atoms with van der Waals surface area (Å²) in [4.78, 5) is 2.41. The third kappa shape index (κ3) is 3.94. The van der Waals surface area contributed by atoms with Gasteiger partial charge >= 0.3 is 0 Å². The predicted octanol–water partition coefficient (Wildman–Crippen LogP) is 3.49. The third-order valence-corrected chi connectivity index (χ3v) is 5.09. The van der Waals surface area contributed by atoms with E-state index in [9.17, 15) is 5.11 Å². The summed E-state index contributed by atoms with van der Waals surface area (Å²) >= 11 is 6.73. The van der Waals surface area contributed by atoms with Crippen LogP contribution in [-0.2, 0) is 6.54 Å². The van der Waals surface area contributed by atoms with E-state index >= 15 is 0 Å². The molecule has 0 aromatic heterocycles. The van der Waals surface area contributed by atoms with E-state index in [-0.39, 0.29) is 5.75 Å². The molecule has 5 heteroatoms. The molecule has 0 bridgehead atoms. The maximum absolute atomic E-state index is 9.69. The number of piperidine rings is 1. The predicted molar refractivity (Wildman–Crippen MR) is 85.5 cm³/mol. The van der Waals surface area contributed by atoms with Crippen molar-refractivity contribution in [2.75, 3.05) is 13.6 Å². The van der Waals surface area contributed by atoms with Gasteiger partial charge in [-0.1, -0.05) is 0 Å². The summed E-state index contributed by atoms with van der Waals surface area (Å²) in [6.45, 7) is 4.27. The Morgan fingerprint density at radius 3 is 2.58 bits per heavy atom. The number of benzene rings is 1. The van der Waals surface area contributed by atoms with Crippen LogP contribution in [0.1, 0.15) is 25.3 Å². The summed E-state index contributed by atoms with van der Waals surface area (Å²) < 4.78 is 1.46. The molecule has 0 aliphatic carbocycles. The monoisotopic (exact) mass is 390 g/mol. The number of hydrogen-bond donors (Lipinski definition) is 2. The molecule has 1 saturated heterocycles. The molecule has 106 valence electrons. The highest BCUT2D eigenvalue weighted by Crippen LogP contribution is 2.33. The van der Waals surface area contributed by atoms with Crippen LogP contribution in [0.25, 0.3) is 0 Å². The van der Waals surface area contributed by atoms with Crippen LogP contribution in [0, 0.1) is 0 Å². The summed E-state index contributed by atoms with van der Waals surface area (Å²) in [6.07, 6.45) is 2.39. The van der Waals surface area contributed by atoms with Crippen molar-refractivity contribution in [3.05, 3.63) is 26.6 Å². The minimum Gasteiger partial charge on any atom is -0.506 e. The lowest BCUT2D eigenvalue weighted by Gasteiger charge is -2.35. The lowest BCUT2D eigenvalue weighted by atomic mass is 9.99. The van der Waals surface area contributed by atoms with Gasteiger partial charge < -0.3 is 15.3 Å². The molecule has 0 amide bonds. The van der Waals surface area contributed by atoms with Crippen LogP contribution < -0.4 is 5.32 Å². The second-order valence-electron chi connectivity index (χ2n) is 5.34. The molecule has 1 fully saturated rings. The van der Waals surface area contributed by atoms with E-state index in [2.05, 4.69) is 56.0 Å². The van der Waals surface area contributed by atoms with Gasteiger partial charge in [-0.2, -0.15) is 0 Å². The van der Waals surface area contributed by atoms with Gasteiger partial charge in [-0.05, 0) is 82.9 Å². The van der Waals surface area contributed by atoms with Gasteiger partial charge in [0.1, 0.15) is 5.75 Å². The summed E-state index contributed by atoms with van der Waals surface area (Å²) in [5.74, 6) is 0.261. The Morgan fingerprint density at radius 1 is 1.37 bits per heavy atom. The zero-order valence-electron chi connectivity index (χ0n) is 11.3. The molecule has 0 saturated carbocycles. The first-order chi connectivity index (χ1) is 8.97. The van der Waals surface area contributed by atoms with Crippen LogP contribution in [0.5, 0.6) is 5.75 Å². The Kier molecular flexibility index (Phi) is 5.29. The molecule has 2 unspecified atom stereocenters. The van der Waals surface area contributed by atoms with Crippen molar-refractivity contribution in [2.24, 2.45) is 0 Å². The fourth-order valence-electron chi connectivity index (χ4n) is 2.46. The number of hydrogen-bond acceptors (Lipinski definition) is 3. The van der Waals surface area contributed by atoms with Crippen LogP contribution in [-0.4, -0.2) is 35.7 Å². The fraction of sp³-hybridized carbons (Fsp3) is 0.571. The van der Waals surface area contributed by atoms with Gasteiger partial charge in [0, 0.05) is 18.6 Å². The average Bonchev–Trinajstić information content (AvgIpc) is 2.37. The summed E-state index contributed by atoms with van der Waals surface area (Å²) in [5, 5.41) is 13.3. The molecule has 0 spiro atoms. The SMILES string of the molecule is CC1CC(NCc2cc(Br)c(O)c(Br)c2)CCN1C. The third-order valence-electron chi connectivity index (χ3n) is 3.88. The molecule has 1 aliphatic heterocycles. The van der Waals surface area contributed by atoms with E-state index in [0.717, 1.165) is 22.0 Å². The van der Waals surface area contributed by atoms with Crippen LogP contribution in [0.15, 0.2) is 21.1 Å². The van der Waals surface area contributed by atoms with Crippen LogP contribution in [0.2, 0.25) is 0 Å². The largest absolute Gasteiger partial charge is 0.506 e. The molecular formula is C14H20Br2N2O. The van der Waals surface area contributed by atoms with Crippen molar-refractivity contribution < 1.29 is 5.11 Å². The number of rotatable bonds is 3. The normalized spacial score (nSPS) is 24.6. The van der Waals surface area contributed by atoms with Gasteiger partial charge in [0.2, 0.25) is 0 Å². The van der Waals surface area contributed by atoms with Gasteiger partial charge in [-0.3, -0.25) is 0 Å². The first-order valence-electron chi connectivity index (χ1n) is 6.58. The number of aromatic hydroxyl groups is 1. The fourth-order valence-corrected chi connectivity index (χ4v) is 3.74. The zero-order valence-corrected chi connectivity index (χ0v) is 14.5. The molecule has 1 heterocycles. The number of nitrogens with zero attached hydrogens (tertiary/aromatic N) is 1. The minimum absolute atomic E-state index is 0.261. The summed E-state index contributed by atoms with van der Waals surface area (Å²) in [7, 11) is 2.19. The Labute approximate surface area is 131 Å². The van der Waals surface area contributed by atoms with E-state index in [4.69, 9.17) is 0 Å². The highest BCUT2D eigenvalue weighted by atomic mass is 79.9. The van der Waals surface area contributed by atoms with Crippen molar-refractivity contribution in [3.63, 3.8) is 0 Å². The van der Waals surface area contributed by atoms with Crippen LogP contribution >= 0.6 is 31.9 Å². The van der Waals surface area contributed by atoms with E-state index in [1.54, 1.807) is 0 Å². The molecule has 1 aromatic carbocycles. The number of halogens is 2. The highest BCUT2D eigenvalue weighted by Gasteiger charge is 2.22. The average molecular weight is 392 g/mol. The smallest absolute Gasteiger partial charge is 0.143 e. The lowest BCUT2D eigenvalue weighted by molar-refractivity contribution is 0.168. The maximum Gasteiger partial charge on any atom is 0.143 e. The number of likely N-dealkylation sites (tertiary alicyclic amines) is 1. The quantitative estimate of drug-likeness (QED) is 0.827. The van der Waals surface area contributed by atoms with Crippen LogP contribution in [0.4, 0.5) is 0 Å². The highest BCUT2D eigenvalue weighted by molar-refractivity contribution is 9.11. The first-order valence-corrected chi connectivity index (χ1v) is 8.16.